The van der Waals surface area contributed by atoms with Crippen molar-refractivity contribution in [1.82, 2.24) is 10.2 Å². The van der Waals surface area contributed by atoms with Crippen LogP contribution in [0.1, 0.15) is 11.1 Å². The topological polar surface area (TPSA) is 86.8 Å². The zero-order valence-electron chi connectivity index (χ0n) is 20.2. The number of rotatable bonds is 10. The Morgan fingerprint density at radius 1 is 0.919 bits per heavy atom. The zero-order chi connectivity index (χ0) is 27.2. The van der Waals surface area contributed by atoms with Gasteiger partial charge in [-0.2, -0.15) is 0 Å². The van der Waals surface area contributed by atoms with Crippen LogP contribution in [0.3, 0.4) is 0 Å². The first-order valence-corrected chi connectivity index (χ1v) is 14.2. The predicted molar refractivity (Wildman–Crippen MR) is 149 cm³/mol. The van der Waals surface area contributed by atoms with Crippen molar-refractivity contribution in [3.8, 4) is 0 Å². The Kier molecular flexibility index (Phi) is 9.84. The summed E-state index contributed by atoms with van der Waals surface area (Å²) in [4.78, 5) is 28.3. The average Bonchev–Trinajstić information content (AvgIpc) is 2.86. The van der Waals surface area contributed by atoms with Gasteiger partial charge in [0.05, 0.1) is 22.0 Å². The Bertz CT molecular complexity index is 1370. The molecule has 11 heteroatoms. The number of nitrogens with zero attached hydrogens (tertiary/aromatic N) is 2. The van der Waals surface area contributed by atoms with E-state index in [1.807, 2.05) is 30.3 Å². The highest BCUT2D eigenvalue weighted by Gasteiger charge is 2.33. The third-order valence-corrected chi connectivity index (χ3v) is 7.81. The summed E-state index contributed by atoms with van der Waals surface area (Å²) in [5.41, 5.74) is 1.57. The third kappa shape index (κ3) is 7.61. The molecule has 1 unspecified atom stereocenters. The number of anilines is 1. The van der Waals surface area contributed by atoms with Gasteiger partial charge < -0.3 is 10.2 Å². The molecule has 0 aliphatic rings. The molecule has 1 atom stereocenters. The molecular weight excluding hydrogens is 557 g/mol. The minimum Gasteiger partial charge on any atom is -0.357 e. The largest absolute Gasteiger partial charge is 0.357 e. The van der Waals surface area contributed by atoms with Crippen molar-refractivity contribution in [2.45, 2.75) is 19.0 Å². The number of likely N-dealkylation sites (N-methyl/N-ethyl adjacent to an activating group) is 1. The molecule has 1 N–H and O–H groups in total. The van der Waals surface area contributed by atoms with Gasteiger partial charge in [-0.05, 0) is 35.4 Å². The molecule has 3 aromatic carbocycles. The van der Waals surface area contributed by atoms with Crippen molar-refractivity contribution < 1.29 is 18.0 Å². The van der Waals surface area contributed by atoms with Gasteiger partial charge in [0.25, 0.3) is 0 Å². The van der Waals surface area contributed by atoms with Gasteiger partial charge in [-0.1, -0.05) is 83.3 Å². The van der Waals surface area contributed by atoms with E-state index in [4.69, 9.17) is 34.8 Å². The second-order valence-corrected chi connectivity index (χ2v) is 11.4. The molecule has 7 nitrogen and oxygen atoms in total. The predicted octanol–water partition coefficient (Wildman–Crippen LogP) is 4.80. The van der Waals surface area contributed by atoms with E-state index in [9.17, 15) is 18.0 Å². The molecule has 0 radical (unpaired) electrons. The maximum absolute atomic E-state index is 13.8. The standard InChI is InChI=1S/C26H26Cl3N3O4S/c1-30-26(34)23(15-18-8-4-3-5-9-18)31(16-19-10-6-11-20(27)14-19)24(33)17-32(37(2,35)36)22-13-7-12-21(28)25(22)29/h3-14,23H,15-17H2,1-2H3,(H,30,34). The number of halogens is 3. The van der Waals surface area contributed by atoms with Crippen molar-refractivity contribution in [1.29, 1.82) is 0 Å². The number of sulfonamides is 1. The van der Waals surface area contributed by atoms with Crippen LogP contribution in [0.5, 0.6) is 0 Å². The molecule has 0 spiro atoms. The average molecular weight is 583 g/mol. The lowest BCUT2D eigenvalue weighted by Gasteiger charge is -2.33. The van der Waals surface area contributed by atoms with E-state index in [0.717, 1.165) is 16.1 Å². The van der Waals surface area contributed by atoms with Gasteiger partial charge >= 0.3 is 0 Å². The van der Waals surface area contributed by atoms with E-state index in [1.54, 1.807) is 30.3 Å². The van der Waals surface area contributed by atoms with Crippen LogP contribution in [0.25, 0.3) is 0 Å². The molecule has 0 aliphatic carbocycles. The number of carbonyl (C=O) groups is 2. The van der Waals surface area contributed by atoms with E-state index in [0.29, 0.717) is 10.6 Å². The molecule has 196 valence electrons. The van der Waals surface area contributed by atoms with Gasteiger partial charge in [0, 0.05) is 25.0 Å². The first-order chi connectivity index (χ1) is 17.5. The van der Waals surface area contributed by atoms with Crippen molar-refractivity contribution in [2.75, 3.05) is 24.2 Å². The summed E-state index contributed by atoms with van der Waals surface area (Å²) in [6.45, 7) is -0.576. The molecule has 3 rings (SSSR count). The van der Waals surface area contributed by atoms with Crippen LogP contribution in [-0.2, 0) is 32.6 Å². The highest BCUT2D eigenvalue weighted by Crippen LogP contribution is 2.34. The van der Waals surface area contributed by atoms with Crippen LogP contribution < -0.4 is 9.62 Å². The maximum Gasteiger partial charge on any atom is 0.244 e. The summed E-state index contributed by atoms with van der Waals surface area (Å²) >= 11 is 18.6. The summed E-state index contributed by atoms with van der Waals surface area (Å²) in [6.07, 6.45) is 1.18. The Hall–Kier alpha value is -2.78. The second-order valence-electron chi connectivity index (χ2n) is 8.31. The van der Waals surface area contributed by atoms with Crippen molar-refractivity contribution in [2.24, 2.45) is 0 Å². The third-order valence-electron chi connectivity index (χ3n) is 5.64. The molecule has 0 saturated carbocycles. The summed E-state index contributed by atoms with van der Waals surface area (Å²) in [6, 6.07) is 19.7. The van der Waals surface area contributed by atoms with Gasteiger partial charge in [0.1, 0.15) is 12.6 Å². The lowest BCUT2D eigenvalue weighted by Crippen LogP contribution is -2.52. The number of hydrogen-bond donors (Lipinski definition) is 1. The van der Waals surface area contributed by atoms with Gasteiger partial charge in [0.15, 0.2) is 0 Å². The normalized spacial score (nSPS) is 12.0. The van der Waals surface area contributed by atoms with E-state index in [-0.39, 0.29) is 28.7 Å². The van der Waals surface area contributed by atoms with Gasteiger partial charge in [0.2, 0.25) is 21.8 Å². The monoisotopic (exact) mass is 581 g/mol. The van der Waals surface area contributed by atoms with Crippen molar-refractivity contribution in [3.63, 3.8) is 0 Å². The van der Waals surface area contributed by atoms with Crippen LogP contribution in [0.4, 0.5) is 5.69 Å². The van der Waals surface area contributed by atoms with Crippen molar-refractivity contribution in [3.05, 3.63) is 99.0 Å². The van der Waals surface area contributed by atoms with E-state index in [1.165, 1.54) is 24.1 Å². The lowest BCUT2D eigenvalue weighted by atomic mass is 10.0. The maximum atomic E-state index is 13.8. The quantitative estimate of drug-likeness (QED) is 0.372. The Morgan fingerprint density at radius 2 is 1.57 bits per heavy atom. The summed E-state index contributed by atoms with van der Waals surface area (Å²) in [5.74, 6) is -1.00. The van der Waals surface area contributed by atoms with Gasteiger partial charge in [-0.25, -0.2) is 8.42 Å². The fourth-order valence-electron chi connectivity index (χ4n) is 3.83. The Labute approximate surface area is 232 Å². The molecule has 2 amide bonds. The first kappa shape index (κ1) is 28.8. The van der Waals surface area contributed by atoms with E-state index >= 15 is 0 Å². The van der Waals surface area contributed by atoms with Crippen LogP contribution >= 0.6 is 34.8 Å². The number of nitrogens with one attached hydrogen (secondary N) is 1. The van der Waals surface area contributed by atoms with Gasteiger partial charge in [-0.15, -0.1) is 0 Å². The second kappa shape index (κ2) is 12.6. The summed E-state index contributed by atoms with van der Waals surface area (Å²) in [5, 5.41) is 3.22. The highest BCUT2D eigenvalue weighted by atomic mass is 35.5. The molecule has 0 aromatic heterocycles. The van der Waals surface area contributed by atoms with E-state index < -0.39 is 34.4 Å². The number of amides is 2. The van der Waals surface area contributed by atoms with Crippen LogP contribution in [0.15, 0.2) is 72.8 Å². The van der Waals surface area contributed by atoms with E-state index in [2.05, 4.69) is 5.32 Å². The fraction of sp³-hybridized carbons (Fsp3) is 0.231. The molecule has 3 aromatic rings. The number of benzene rings is 3. The smallest absolute Gasteiger partial charge is 0.244 e. The number of hydrogen-bond acceptors (Lipinski definition) is 4. The zero-order valence-corrected chi connectivity index (χ0v) is 23.3. The first-order valence-electron chi connectivity index (χ1n) is 11.2. The Morgan fingerprint density at radius 3 is 2.19 bits per heavy atom. The summed E-state index contributed by atoms with van der Waals surface area (Å²) in [7, 11) is -2.47. The Balaban J connectivity index is 2.06. The van der Waals surface area contributed by atoms with Crippen molar-refractivity contribution >= 4 is 62.3 Å². The molecule has 37 heavy (non-hydrogen) atoms. The highest BCUT2D eigenvalue weighted by molar-refractivity contribution is 7.92. The molecule has 0 aliphatic heterocycles. The molecule has 0 heterocycles. The minimum absolute atomic E-state index is 0.00378. The van der Waals surface area contributed by atoms with Crippen LogP contribution in [0, 0.1) is 0 Å². The molecule has 0 saturated heterocycles. The SMILES string of the molecule is CNC(=O)C(Cc1ccccc1)N(Cc1cccc(Cl)c1)C(=O)CN(c1cccc(Cl)c1Cl)S(C)(=O)=O. The number of carbonyl (C=O) groups excluding carboxylic acids is 2. The minimum atomic E-state index is -3.95. The molecular formula is C26H26Cl3N3O4S. The molecule has 0 fully saturated rings. The van der Waals surface area contributed by atoms with Crippen LogP contribution in [0.2, 0.25) is 15.1 Å². The fourth-order valence-corrected chi connectivity index (χ4v) is 5.35. The molecule has 0 bridgehead atoms. The lowest BCUT2D eigenvalue weighted by molar-refractivity contribution is -0.139. The van der Waals surface area contributed by atoms with Gasteiger partial charge in [-0.3, -0.25) is 13.9 Å². The summed E-state index contributed by atoms with van der Waals surface area (Å²) < 4.78 is 26.4. The van der Waals surface area contributed by atoms with Crippen LogP contribution in [-0.4, -0.2) is 51.0 Å².